The molecule has 0 fully saturated rings. The summed E-state index contributed by atoms with van der Waals surface area (Å²) < 4.78 is 20.4. The number of carbonyl (C=O) groups excluding carboxylic acids is 2. The van der Waals surface area contributed by atoms with Crippen LogP contribution in [0.4, 0.5) is 9.18 Å². The van der Waals surface area contributed by atoms with E-state index in [1.54, 1.807) is 62.7 Å². The summed E-state index contributed by atoms with van der Waals surface area (Å²) >= 11 is 6.65. The Balaban J connectivity index is 1.95. The Kier molecular flexibility index (Phi) is 8.53. The first-order valence-corrected chi connectivity index (χ1v) is 12.5. The van der Waals surface area contributed by atoms with E-state index in [4.69, 9.17) is 16.3 Å². The van der Waals surface area contributed by atoms with Gasteiger partial charge in [-0.25, -0.2) is 13.9 Å². The Labute approximate surface area is 227 Å². The zero-order valence-electron chi connectivity index (χ0n) is 22.6. The molecule has 0 atom stereocenters. The maximum atomic E-state index is 13.6. The lowest BCUT2D eigenvalue weighted by Crippen LogP contribution is -2.41. The monoisotopic (exact) mass is 538 g/mol. The van der Waals surface area contributed by atoms with E-state index in [1.807, 2.05) is 20.8 Å². The Morgan fingerprint density at radius 3 is 2.32 bits per heavy atom. The third-order valence-corrected chi connectivity index (χ3v) is 5.37. The number of benzene rings is 2. The van der Waals surface area contributed by atoms with E-state index in [0.717, 1.165) is 0 Å². The second-order valence-corrected chi connectivity index (χ2v) is 11.2. The van der Waals surface area contributed by atoms with Crippen LogP contribution in [0.25, 0.3) is 16.9 Å². The van der Waals surface area contributed by atoms with Gasteiger partial charge in [-0.05, 0) is 90.9 Å². The molecule has 2 amide bonds. The molecule has 3 rings (SSSR count). The number of ether oxygens (including phenoxy) is 1. The topological polar surface area (TPSA) is 85.3 Å². The van der Waals surface area contributed by atoms with Crippen LogP contribution in [0.1, 0.15) is 63.2 Å². The van der Waals surface area contributed by atoms with Crippen molar-refractivity contribution in [1.29, 1.82) is 0 Å². The Morgan fingerprint density at radius 1 is 1.08 bits per heavy atom. The van der Waals surface area contributed by atoms with Crippen molar-refractivity contribution in [2.45, 2.75) is 59.6 Å². The summed E-state index contributed by atoms with van der Waals surface area (Å²) in [6.07, 6.45) is -0.547. The number of aromatic nitrogens is 2. The summed E-state index contributed by atoms with van der Waals surface area (Å²) in [5, 5.41) is 10.5. The molecule has 2 aromatic carbocycles. The van der Waals surface area contributed by atoms with E-state index in [0.29, 0.717) is 33.1 Å². The van der Waals surface area contributed by atoms with E-state index in [1.165, 1.54) is 12.1 Å². The lowest BCUT2D eigenvalue weighted by Gasteiger charge is -2.19. The maximum Gasteiger partial charge on any atom is 0.408 e. The van der Waals surface area contributed by atoms with Gasteiger partial charge in [0.1, 0.15) is 11.4 Å². The average molecular weight is 539 g/mol. The van der Waals surface area contributed by atoms with Gasteiger partial charge in [-0.2, -0.15) is 5.10 Å². The number of hydrogen-bond donors (Lipinski definition) is 2. The number of rotatable bonds is 4. The third-order valence-electron chi connectivity index (χ3n) is 5.07. The molecule has 38 heavy (non-hydrogen) atoms. The first-order chi connectivity index (χ1) is 17.6. The second-order valence-electron chi connectivity index (χ2n) is 10.8. The highest BCUT2D eigenvalue weighted by atomic mass is 35.5. The molecule has 0 aliphatic carbocycles. The summed E-state index contributed by atoms with van der Waals surface area (Å²) in [4.78, 5) is 24.8. The number of alkyl carbamates (subject to hydrolysis) is 1. The maximum absolute atomic E-state index is 13.6. The van der Waals surface area contributed by atoms with E-state index < -0.39 is 17.2 Å². The number of carbonyl (C=O) groups is 2. The molecule has 1 heterocycles. The van der Waals surface area contributed by atoms with Crippen molar-refractivity contribution in [1.82, 2.24) is 20.4 Å². The van der Waals surface area contributed by atoms with E-state index >= 15 is 0 Å². The minimum absolute atomic E-state index is 0.105. The van der Waals surface area contributed by atoms with Crippen LogP contribution < -0.4 is 10.6 Å². The van der Waals surface area contributed by atoms with Crippen LogP contribution in [0.5, 0.6) is 0 Å². The predicted molar refractivity (Wildman–Crippen MR) is 147 cm³/mol. The summed E-state index contributed by atoms with van der Waals surface area (Å²) in [6, 6.07) is 11.2. The molecule has 0 saturated carbocycles. The SMILES string of the molecule is Cc1c(C(=O)NC(C)(C)C)nn(-c2ccc(C#CCNC(=O)OC(C)(C)C)cc2Cl)c1-c1ccc(F)cc1. The highest BCUT2D eigenvalue weighted by Gasteiger charge is 2.25. The van der Waals surface area contributed by atoms with Crippen LogP contribution in [0.2, 0.25) is 5.02 Å². The fourth-order valence-electron chi connectivity index (χ4n) is 3.57. The lowest BCUT2D eigenvalue weighted by atomic mass is 10.0. The van der Waals surface area contributed by atoms with Crippen LogP contribution in [-0.4, -0.2) is 39.5 Å². The predicted octanol–water partition coefficient (Wildman–Crippen LogP) is 6.04. The highest BCUT2D eigenvalue weighted by Crippen LogP contribution is 2.32. The van der Waals surface area contributed by atoms with Gasteiger partial charge in [0.15, 0.2) is 5.69 Å². The van der Waals surface area contributed by atoms with Crippen molar-refractivity contribution < 1.29 is 18.7 Å². The van der Waals surface area contributed by atoms with Crippen LogP contribution in [0.3, 0.4) is 0 Å². The van der Waals surface area contributed by atoms with Gasteiger partial charge in [-0.3, -0.25) is 4.79 Å². The normalized spacial score (nSPS) is 11.4. The van der Waals surface area contributed by atoms with Crippen molar-refractivity contribution in [3.63, 3.8) is 0 Å². The van der Waals surface area contributed by atoms with E-state index in [-0.39, 0.29) is 24.0 Å². The summed E-state index contributed by atoms with van der Waals surface area (Å²) in [5.41, 5.74) is 2.28. The molecule has 0 aliphatic heterocycles. The van der Waals surface area contributed by atoms with E-state index in [2.05, 4.69) is 27.6 Å². The van der Waals surface area contributed by atoms with E-state index in [9.17, 15) is 14.0 Å². The number of amides is 2. The molecule has 0 radical (unpaired) electrons. The third kappa shape index (κ3) is 7.59. The zero-order valence-corrected chi connectivity index (χ0v) is 23.4. The highest BCUT2D eigenvalue weighted by molar-refractivity contribution is 6.32. The molecule has 9 heteroatoms. The number of halogens is 2. The minimum atomic E-state index is -0.591. The molecule has 0 spiro atoms. The molecule has 7 nitrogen and oxygen atoms in total. The number of nitrogens with one attached hydrogen (secondary N) is 2. The van der Waals surface area contributed by atoms with Gasteiger partial charge in [0.05, 0.1) is 22.9 Å². The molecule has 0 aliphatic rings. The van der Waals surface area contributed by atoms with Gasteiger partial charge in [-0.1, -0.05) is 23.4 Å². The standard InChI is InChI=1S/C29H32ClFN4O3/c1-18-24(26(36)33-28(2,3)4)34-35(25(18)20-11-13-21(31)14-12-20)23-15-10-19(17-22(23)30)9-8-16-32-27(37)38-29(5,6)7/h10-15,17H,16H2,1-7H3,(H,32,37)(H,33,36). The molecule has 1 aromatic heterocycles. The first kappa shape index (κ1) is 28.7. The fourth-order valence-corrected chi connectivity index (χ4v) is 3.83. The second kappa shape index (κ2) is 11.3. The Hall–Kier alpha value is -3.83. The molecule has 200 valence electrons. The van der Waals surface area contributed by atoms with Gasteiger partial charge in [-0.15, -0.1) is 0 Å². The van der Waals surface area contributed by atoms with Crippen LogP contribution >= 0.6 is 11.6 Å². The van der Waals surface area contributed by atoms with Gasteiger partial charge in [0.25, 0.3) is 5.91 Å². The van der Waals surface area contributed by atoms with Gasteiger partial charge < -0.3 is 15.4 Å². The largest absolute Gasteiger partial charge is 0.444 e. The number of nitrogens with zero attached hydrogens (tertiary/aromatic N) is 2. The fraction of sp³-hybridized carbons (Fsp3) is 0.345. The van der Waals surface area contributed by atoms with Crippen molar-refractivity contribution in [2.75, 3.05) is 6.54 Å². The quantitative estimate of drug-likeness (QED) is 0.396. The molecule has 0 saturated heterocycles. The van der Waals surface area contributed by atoms with Crippen molar-refractivity contribution in [3.8, 4) is 28.8 Å². The molecule has 3 aromatic rings. The van der Waals surface area contributed by atoms with Gasteiger partial charge in [0, 0.05) is 22.2 Å². The van der Waals surface area contributed by atoms with Crippen molar-refractivity contribution in [3.05, 3.63) is 70.1 Å². The molecule has 0 bridgehead atoms. The van der Waals surface area contributed by atoms with Crippen molar-refractivity contribution in [2.24, 2.45) is 0 Å². The van der Waals surface area contributed by atoms with Crippen LogP contribution in [0.15, 0.2) is 42.5 Å². The average Bonchev–Trinajstić information content (AvgIpc) is 3.12. The van der Waals surface area contributed by atoms with Crippen LogP contribution in [0, 0.1) is 24.6 Å². The lowest BCUT2D eigenvalue weighted by molar-refractivity contribution is 0.0535. The van der Waals surface area contributed by atoms with Crippen molar-refractivity contribution >= 4 is 23.6 Å². The molecule has 2 N–H and O–H groups in total. The molecular weight excluding hydrogens is 507 g/mol. The first-order valence-electron chi connectivity index (χ1n) is 12.1. The van der Waals surface area contributed by atoms with Gasteiger partial charge in [0.2, 0.25) is 0 Å². The minimum Gasteiger partial charge on any atom is -0.444 e. The summed E-state index contributed by atoms with van der Waals surface area (Å²) in [6.45, 7) is 12.9. The smallest absolute Gasteiger partial charge is 0.408 e. The zero-order chi connectivity index (χ0) is 28.3. The number of hydrogen-bond acceptors (Lipinski definition) is 4. The van der Waals surface area contributed by atoms with Gasteiger partial charge >= 0.3 is 6.09 Å². The Morgan fingerprint density at radius 2 is 1.74 bits per heavy atom. The molecule has 0 unspecified atom stereocenters. The Bertz CT molecular complexity index is 1410. The van der Waals surface area contributed by atoms with Crippen LogP contribution in [-0.2, 0) is 4.74 Å². The summed E-state index contributed by atoms with van der Waals surface area (Å²) in [5.74, 6) is 5.13. The summed E-state index contributed by atoms with van der Waals surface area (Å²) in [7, 11) is 0. The molecular formula is C29H32ClFN4O3.